The summed E-state index contributed by atoms with van der Waals surface area (Å²) in [6.07, 6.45) is 10.3. The zero-order chi connectivity index (χ0) is 18.9. The van der Waals surface area contributed by atoms with Crippen LogP contribution in [0, 0.1) is 10.1 Å². The third kappa shape index (κ3) is 5.37. The van der Waals surface area contributed by atoms with Crippen molar-refractivity contribution in [2.75, 3.05) is 7.11 Å². The van der Waals surface area contributed by atoms with Crippen LogP contribution in [0.5, 0.6) is 17.2 Å². The molecule has 2 aromatic rings. The van der Waals surface area contributed by atoms with Crippen molar-refractivity contribution < 1.29 is 19.9 Å². The summed E-state index contributed by atoms with van der Waals surface area (Å²) in [5.41, 5.74) is 1.28. The molecule has 2 rings (SSSR count). The molecule has 0 heterocycles. The zero-order valence-corrected chi connectivity index (χ0v) is 14.5. The monoisotopic (exact) mass is 355 g/mol. The molecule has 0 atom stereocenters. The number of ether oxygens (including phenoxy) is 1. The second-order valence-electron chi connectivity index (χ2n) is 5.67. The Bertz CT molecular complexity index is 827. The maximum absolute atomic E-state index is 10.8. The molecule has 2 aromatic carbocycles. The van der Waals surface area contributed by atoms with Crippen LogP contribution < -0.4 is 4.74 Å². The van der Waals surface area contributed by atoms with Crippen LogP contribution in [0.1, 0.15) is 30.4 Å². The summed E-state index contributed by atoms with van der Waals surface area (Å²) in [5.74, 6) is 0.226. The summed E-state index contributed by atoms with van der Waals surface area (Å²) >= 11 is 0. The van der Waals surface area contributed by atoms with Crippen molar-refractivity contribution in [2.45, 2.75) is 19.3 Å². The summed E-state index contributed by atoms with van der Waals surface area (Å²) in [7, 11) is 1.51. The van der Waals surface area contributed by atoms with E-state index >= 15 is 0 Å². The minimum Gasteiger partial charge on any atom is -0.504 e. The second-order valence-corrected chi connectivity index (χ2v) is 5.67. The fraction of sp³-hybridized carbons (Fsp3) is 0.200. The van der Waals surface area contributed by atoms with Crippen LogP contribution >= 0.6 is 0 Å². The number of methoxy groups -OCH3 is 1. The fourth-order valence-corrected chi connectivity index (χ4v) is 2.39. The highest BCUT2D eigenvalue weighted by Crippen LogP contribution is 2.27. The number of nitro benzene ring substituents is 1. The Balaban J connectivity index is 1.80. The van der Waals surface area contributed by atoms with Crippen molar-refractivity contribution in [3.63, 3.8) is 0 Å². The maximum Gasteiger partial charge on any atom is 0.311 e. The third-order valence-corrected chi connectivity index (χ3v) is 3.76. The Morgan fingerprint density at radius 2 is 1.62 bits per heavy atom. The quantitative estimate of drug-likeness (QED) is 0.399. The summed E-state index contributed by atoms with van der Waals surface area (Å²) in [6, 6.07) is 9.54. The third-order valence-electron chi connectivity index (χ3n) is 3.76. The summed E-state index contributed by atoms with van der Waals surface area (Å²) < 4.78 is 5.00. The fourth-order valence-electron chi connectivity index (χ4n) is 2.39. The Morgan fingerprint density at radius 3 is 2.19 bits per heavy atom. The van der Waals surface area contributed by atoms with Gasteiger partial charge in [0.2, 0.25) is 0 Å². The van der Waals surface area contributed by atoms with Gasteiger partial charge in [-0.15, -0.1) is 0 Å². The van der Waals surface area contributed by atoms with Crippen LogP contribution in [0.15, 0.2) is 48.6 Å². The van der Waals surface area contributed by atoms with Crippen LogP contribution in [0.25, 0.3) is 12.2 Å². The van der Waals surface area contributed by atoms with E-state index in [0.717, 1.165) is 24.8 Å². The topological polar surface area (TPSA) is 92.8 Å². The molecule has 0 radical (unpaired) electrons. The van der Waals surface area contributed by atoms with E-state index in [1.54, 1.807) is 24.3 Å². The Kier molecular flexibility index (Phi) is 6.79. The molecule has 0 bridgehead atoms. The maximum atomic E-state index is 10.8. The number of hydrogen-bond acceptors (Lipinski definition) is 5. The van der Waals surface area contributed by atoms with E-state index in [9.17, 15) is 20.3 Å². The second kappa shape index (κ2) is 9.27. The molecule has 6 heteroatoms. The molecule has 0 aromatic heterocycles. The van der Waals surface area contributed by atoms with Gasteiger partial charge in [-0.3, -0.25) is 10.1 Å². The zero-order valence-electron chi connectivity index (χ0n) is 14.5. The molecule has 0 aliphatic heterocycles. The van der Waals surface area contributed by atoms with Crippen LogP contribution in [-0.4, -0.2) is 22.2 Å². The number of nitro groups is 1. The van der Waals surface area contributed by atoms with E-state index in [1.807, 2.05) is 24.3 Å². The van der Waals surface area contributed by atoms with Crippen molar-refractivity contribution in [1.29, 1.82) is 0 Å². The van der Waals surface area contributed by atoms with Gasteiger partial charge in [0.1, 0.15) is 0 Å². The van der Waals surface area contributed by atoms with E-state index in [-0.39, 0.29) is 17.2 Å². The van der Waals surface area contributed by atoms with Crippen molar-refractivity contribution >= 4 is 17.8 Å². The smallest absolute Gasteiger partial charge is 0.311 e. The van der Waals surface area contributed by atoms with Crippen molar-refractivity contribution in [2.24, 2.45) is 0 Å². The molecular formula is C20H21NO5. The van der Waals surface area contributed by atoms with Gasteiger partial charge in [0.05, 0.1) is 12.0 Å². The lowest BCUT2D eigenvalue weighted by atomic mass is 10.1. The highest BCUT2D eigenvalue weighted by atomic mass is 16.6. The lowest BCUT2D eigenvalue weighted by Crippen LogP contribution is -1.88. The van der Waals surface area contributed by atoms with Crippen LogP contribution in [-0.2, 0) is 0 Å². The van der Waals surface area contributed by atoms with Gasteiger partial charge in [-0.05, 0) is 48.6 Å². The SMILES string of the molecule is COc1ccc(/C=C/CCC/C=C/c2ccc(O)c([N+](=O)[O-])c2)cc1O. The van der Waals surface area contributed by atoms with Crippen molar-refractivity contribution in [3.05, 3.63) is 69.8 Å². The molecule has 0 saturated heterocycles. The number of benzene rings is 2. The minimum absolute atomic E-state index is 0.112. The first-order chi connectivity index (χ1) is 12.5. The van der Waals surface area contributed by atoms with E-state index in [4.69, 9.17) is 4.74 Å². The molecule has 136 valence electrons. The van der Waals surface area contributed by atoms with Gasteiger partial charge < -0.3 is 14.9 Å². The Morgan fingerprint density at radius 1 is 1.00 bits per heavy atom. The van der Waals surface area contributed by atoms with Crippen LogP contribution in [0.4, 0.5) is 5.69 Å². The van der Waals surface area contributed by atoms with Gasteiger partial charge in [0.15, 0.2) is 17.2 Å². The Labute approximate surface area is 151 Å². The number of aromatic hydroxyl groups is 2. The first-order valence-electron chi connectivity index (χ1n) is 8.18. The molecule has 0 amide bonds. The van der Waals surface area contributed by atoms with Crippen LogP contribution in [0.3, 0.4) is 0 Å². The summed E-state index contributed by atoms with van der Waals surface area (Å²) in [5, 5.41) is 29.9. The molecule has 0 aliphatic rings. The molecule has 0 aliphatic carbocycles. The number of phenolic OH excluding ortho intramolecular Hbond substituents is 2. The van der Waals surface area contributed by atoms with Crippen molar-refractivity contribution in [3.8, 4) is 17.2 Å². The van der Waals surface area contributed by atoms with Gasteiger partial charge in [-0.2, -0.15) is 0 Å². The number of rotatable bonds is 8. The van der Waals surface area contributed by atoms with E-state index < -0.39 is 4.92 Å². The standard InChI is InChI=1S/C20H21NO5/c1-26-20-12-10-16(14-19(20)23)8-6-4-2-3-5-7-15-9-11-18(22)17(13-15)21(24)25/h5-14,22-23H,2-4H2,1H3/b7-5+,8-6+. The molecular weight excluding hydrogens is 334 g/mol. The summed E-state index contributed by atoms with van der Waals surface area (Å²) in [6.45, 7) is 0. The molecule has 0 unspecified atom stereocenters. The van der Waals surface area contributed by atoms with Gasteiger partial charge >= 0.3 is 5.69 Å². The highest BCUT2D eigenvalue weighted by Gasteiger charge is 2.12. The minimum atomic E-state index is -0.603. The molecule has 26 heavy (non-hydrogen) atoms. The Hall–Kier alpha value is -3.28. The van der Waals surface area contributed by atoms with E-state index in [1.165, 1.54) is 19.2 Å². The number of unbranched alkanes of at least 4 members (excludes halogenated alkanes) is 2. The van der Waals surface area contributed by atoms with E-state index in [0.29, 0.717) is 11.3 Å². The molecule has 6 nitrogen and oxygen atoms in total. The molecule has 0 saturated carbocycles. The summed E-state index contributed by atoms with van der Waals surface area (Å²) in [4.78, 5) is 10.2. The highest BCUT2D eigenvalue weighted by molar-refractivity contribution is 5.58. The first-order valence-corrected chi connectivity index (χ1v) is 8.18. The van der Waals surface area contributed by atoms with Crippen molar-refractivity contribution in [1.82, 2.24) is 0 Å². The van der Waals surface area contributed by atoms with Gasteiger partial charge in [0.25, 0.3) is 0 Å². The predicted molar refractivity (Wildman–Crippen MR) is 101 cm³/mol. The predicted octanol–water partition coefficient (Wildman–Crippen LogP) is 4.91. The normalized spacial score (nSPS) is 11.3. The molecule has 0 fully saturated rings. The average molecular weight is 355 g/mol. The number of phenols is 2. The van der Waals surface area contributed by atoms with E-state index in [2.05, 4.69) is 0 Å². The molecule has 0 spiro atoms. The lowest BCUT2D eigenvalue weighted by Gasteiger charge is -2.03. The van der Waals surface area contributed by atoms with Gasteiger partial charge in [-0.1, -0.05) is 36.4 Å². The first kappa shape index (κ1) is 19.1. The average Bonchev–Trinajstić information content (AvgIpc) is 2.62. The van der Waals surface area contributed by atoms with Crippen LogP contribution in [0.2, 0.25) is 0 Å². The van der Waals surface area contributed by atoms with Gasteiger partial charge in [0, 0.05) is 6.07 Å². The number of nitrogens with zero attached hydrogens (tertiary/aromatic N) is 1. The number of hydrogen-bond donors (Lipinski definition) is 2. The lowest BCUT2D eigenvalue weighted by molar-refractivity contribution is -0.385. The largest absolute Gasteiger partial charge is 0.504 e. The van der Waals surface area contributed by atoms with Gasteiger partial charge in [-0.25, -0.2) is 0 Å². The molecule has 2 N–H and O–H groups in total. The number of allylic oxidation sites excluding steroid dienone is 2.